The molecule has 0 radical (unpaired) electrons. The van der Waals surface area contributed by atoms with Crippen molar-refractivity contribution in [3.63, 3.8) is 0 Å². The van der Waals surface area contributed by atoms with Crippen molar-refractivity contribution in [1.82, 2.24) is 9.88 Å². The molecule has 0 spiro atoms. The van der Waals surface area contributed by atoms with Crippen molar-refractivity contribution in [2.45, 2.75) is 19.3 Å². The molecule has 8 heteroatoms. The maximum absolute atomic E-state index is 13.7. The van der Waals surface area contributed by atoms with Gasteiger partial charge in [0, 0.05) is 24.7 Å². The van der Waals surface area contributed by atoms with Gasteiger partial charge in [-0.15, -0.1) is 0 Å². The third-order valence-electron chi connectivity index (χ3n) is 7.72. The van der Waals surface area contributed by atoms with Gasteiger partial charge in [-0.3, -0.25) is 4.79 Å². The Morgan fingerprint density at radius 1 is 0.689 bits per heavy atom. The summed E-state index contributed by atoms with van der Waals surface area (Å²) >= 11 is 0. The molecule has 1 heterocycles. The summed E-state index contributed by atoms with van der Waals surface area (Å²) in [6, 6.07) is 34.8. The van der Waals surface area contributed by atoms with E-state index in [0.29, 0.717) is 28.8 Å². The van der Waals surface area contributed by atoms with E-state index in [1.54, 1.807) is 18.2 Å². The second-order valence-electron chi connectivity index (χ2n) is 10.7. The van der Waals surface area contributed by atoms with Crippen LogP contribution in [0.2, 0.25) is 0 Å². The third-order valence-corrected chi connectivity index (χ3v) is 7.72. The van der Waals surface area contributed by atoms with Crippen molar-refractivity contribution in [2.75, 3.05) is 0 Å². The van der Waals surface area contributed by atoms with Gasteiger partial charge < -0.3 is 15.0 Å². The smallest absolute Gasteiger partial charge is 0.416 e. The van der Waals surface area contributed by atoms with Gasteiger partial charge >= 0.3 is 12.1 Å². The zero-order valence-electron chi connectivity index (χ0n) is 23.9. The zero-order valence-corrected chi connectivity index (χ0v) is 23.9. The lowest BCUT2D eigenvalue weighted by Crippen LogP contribution is -2.23. The molecule has 6 rings (SSSR count). The van der Waals surface area contributed by atoms with Gasteiger partial charge in [-0.1, -0.05) is 78.9 Å². The van der Waals surface area contributed by atoms with Gasteiger partial charge in [-0.25, -0.2) is 4.79 Å². The van der Waals surface area contributed by atoms with E-state index >= 15 is 0 Å². The molecule has 0 saturated carbocycles. The SMILES string of the molecule is O=C(O)c1ccc(CNC(=O)c2cc(-c3ccc(C(F)(F)F)cc3)cc3ccn(Cc4ccc(-c5ccccc5)cc4)c23)cc1. The predicted molar refractivity (Wildman–Crippen MR) is 168 cm³/mol. The van der Waals surface area contributed by atoms with E-state index in [1.165, 1.54) is 24.3 Å². The average Bonchev–Trinajstić information content (AvgIpc) is 3.46. The summed E-state index contributed by atoms with van der Waals surface area (Å²) in [6.45, 7) is 0.654. The molecule has 0 fully saturated rings. The lowest BCUT2D eigenvalue weighted by Gasteiger charge is -2.14. The Labute approximate surface area is 257 Å². The van der Waals surface area contributed by atoms with Crippen molar-refractivity contribution in [2.24, 2.45) is 0 Å². The molecule has 0 atom stereocenters. The number of nitrogens with one attached hydrogen (secondary N) is 1. The van der Waals surface area contributed by atoms with Gasteiger partial charge in [-0.05, 0) is 75.8 Å². The summed E-state index contributed by atoms with van der Waals surface area (Å²) in [5.74, 6) is -1.40. The topological polar surface area (TPSA) is 71.3 Å². The molecule has 5 aromatic carbocycles. The first-order valence-electron chi connectivity index (χ1n) is 14.2. The first-order valence-corrected chi connectivity index (χ1v) is 14.2. The fraction of sp³-hybridized carbons (Fsp3) is 0.0811. The number of hydrogen-bond acceptors (Lipinski definition) is 2. The molecule has 0 aliphatic carbocycles. The molecule has 0 bridgehead atoms. The summed E-state index contributed by atoms with van der Waals surface area (Å²) in [4.78, 5) is 24.9. The number of aromatic carboxylic acids is 1. The highest BCUT2D eigenvalue weighted by Gasteiger charge is 2.30. The zero-order chi connectivity index (χ0) is 31.6. The second-order valence-corrected chi connectivity index (χ2v) is 10.7. The van der Waals surface area contributed by atoms with Crippen molar-refractivity contribution < 1.29 is 27.9 Å². The van der Waals surface area contributed by atoms with Gasteiger partial charge in [-0.2, -0.15) is 13.2 Å². The molecule has 0 aliphatic rings. The lowest BCUT2D eigenvalue weighted by molar-refractivity contribution is -0.137. The molecule has 1 amide bonds. The largest absolute Gasteiger partial charge is 0.478 e. The average molecular weight is 605 g/mol. The van der Waals surface area contributed by atoms with Gasteiger partial charge in [0.15, 0.2) is 0 Å². The van der Waals surface area contributed by atoms with Crippen LogP contribution in [0.1, 0.15) is 37.4 Å². The Balaban J connectivity index is 1.34. The van der Waals surface area contributed by atoms with Crippen LogP contribution >= 0.6 is 0 Å². The number of carbonyl (C=O) groups is 2. The van der Waals surface area contributed by atoms with Crippen LogP contribution in [0.25, 0.3) is 33.2 Å². The number of amides is 1. The van der Waals surface area contributed by atoms with Crippen molar-refractivity contribution in [3.05, 3.63) is 155 Å². The number of benzene rings is 5. The van der Waals surface area contributed by atoms with Crippen molar-refractivity contribution in [1.29, 1.82) is 0 Å². The molecular formula is C37H27F3N2O3. The van der Waals surface area contributed by atoms with Gasteiger partial charge in [0.25, 0.3) is 5.91 Å². The fourth-order valence-corrected chi connectivity index (χ4v) is 5.35. The Bertz CT molecular complexity index is 1980. The third kappa shape index (κ3) is 6.50. The highest BCUT2D eigenvalue weighted by molar-refractivity contribution is 6.08. The number of nitrogens with zero attached hydrogens (tertiary/aromatic N) is 1. The number of carboxylic acid groups (broad SMARTS) is 1. The quantitative estimate of drug-likeness (QED) is 0.183. The summed E-state index contributed by atoms with van der Waals surface area (Å²) < 4.78 is 41.6. The molecule has 5 nitrogen and oxygen atoms in total. The van der Waals surface area contributed by atoms with Crippen LogP contribution < -0.4 is 5.32 Å². The molecule has 0 saturated heterocycles. The van der Waals surface area contributed by atoms with E-state index in [9.17, 15) is 22.8 Å². The maximum Gasteiger partial charge on any atom is 0.416 e. The van der Waals surface area contributed by atoms with E-state index in [4.69, 9.17) is 5.11 Å². The van der Waals surface area contributed by atoms with Crippen LogP contribution in [0, 0.1) is 0 Å². The number of fused-ring (bicyclic) bond motifs is 1. The van der Waals surface area contributed by atoms with E-state index in [0.717, 1.165) is 39.8 Å². The standard InChI is InChI=1S/C37H27F3N2O3/c38-37(39,40)32-16-14-28(15-17-32)31-20-30-18-19-42(23-25-8-10-27(11-9-25)26-4-2-1-3-5-26)34(30)33(21-31)35(43)41-22-24-6-12-29(13-7-24)36(44)45/h1-21H,22-23H2,(H,41,43)(H,44,45). The Hall–Kier alpha value is -5.63. The molecule has 224 valence electrons. The first-order chi connectivity index (χ1) is 21.7. The summed E-state index contributed by atoms with van der Waals surface area (Å²) in [7, 11) is 0. The van der Waals surface area contributed by atoms with Crippen molar-refractivity contribution >= 4 is 22.8 Å². The summed E-state index contributed by atoms with van der Waals surface area (Å²) in [5.41, 5.74) is 5.57. The number of carboxylic acids is 1. The van der Waals surface area contributed by atoms with Crippen LogP contribution in [-0.4, -0.2) is 21.6 Å². The van der Waals surface area contributed by atoms with Gasteiger partial charge in [0.05, 0.1) is 22.2 Å². The van der Waals surface area contributed by atoms with Crippen LogP contribution in [0.4, 0.5) is 13.2 Å². The number of hydrogen-bond donors (Lipinski definition) is 2. The van der Waals surface area contributed by atoms with E-state index in [1.807, 2.05) is 65.4 Å². The highest BCUT2D eigenvalue weighted by atomic mass is 19.4. The molecule has 2 N–H and O–H groups in total. The Morgan fingerprint density at radius 2 is 1.29 bits per heavy atom. The van der Waals surface area contributed by atoms with Crippen LogP contribution in [0.5, 0.6) is 0 Å². The predicted octanol–water partition coefficient (Wildman–Crippen LogP) is 8.67. The lowest BCUT2D eigenvalue weighted by atomic mass is 9.98. The number of halogens is 3. The minimum absolute atomic E-state index is 0.144. The summed E-state index contributed by atoms with van der Waals surface area (Å²) in [5, 5.41) is 12.9. The van der Waals surface area contributed by atoms with E-state index < -0.39 is 17.7 Å². The van der Waals surface area contributed by atoms with E-state index in [2.05, 4.69) is 17.4 Å². The van der Waals surface area contributed by atoms with Gasteiger partial charge in [0.2, 0.25) is 0 Å². The van der Waals surface area contributed by atoms with Crippen LogP contribution in [0.15, 0.2) is 128 Å². The van der Waals surface area contributed by atoms with Crippen molar-refractivity contribution in [3.8, 4) is 22.3 Å². The van der Waals surface area contributed by atoms with Gasteiger partial charge in [0.1, 0.15) is 0 Å². The Kier molecular flexibility index (Phi) is 7.96. The number of aromatic nitrogens is 1. The first kappa shape index (κ1) is 29.4. The Morgan fingerprint density at radius 3 is 1.93 bits per heavy atom. The van der Waals surface area contributed by atoms with E-state index in [-0.39, 0.29) is 18.0 Å². The fourth-order valence-electron chi connectivity index (χ4n) is 5.35. The summed E-state index contributed by atoms with van der Waals surface area (Å²) in [6.07, 6.45) is -2.56. The number of alkyl halides is 3. The second kappa shape index (κ2) is 12.2. The molecular weight excluding hydrogens is 577 g/mol. The molecule has 1 aromatic heterocycles. The minimum Gasteiger partial charge on any atom is -0.478 e. The molecule has 6 aromatic rings. The van der Waals surface area contributed by atoms with Crippen LogP contribution in [-0.2, 0) is 19.3 Å². The minimum atomic E-state index is -4.45. The molecule has 0 unspecified atom stereocenters. The number of carbonyl (C=O) groups excluding carboxylic acids is 1. The highest BCUT2D eigenvalue weighted by Crippen LogP contribution is 2.33. The molecule has 0 aliphatic heterocycles. The maximum atomic E-state index is 13.7. The van der Waals surface area contributed by atoms with Crippen LogP contribution in [0.3, 0.4) is 0 Å². The molecule has 45 heavy (non-hydrogen) atoms. The monoisotopic (exact) mass is 604 g/mol. The number of rotatable bonds is 8. The normalized spacial score (nSPS) is 11.4.